The van der Waals surface area contributed by atoms with Crippen molar-refractivity contribution in [1.29, 1.82) is 0 Å². The lowest BCUT2D eigenvalue weighted by Crippen LogP contribution is -2.02. The van der Waals surface area contributed by atoms with Gasteiger partial charge in [-0.3, -0.25) is 0 Å². The van der Waals surface area contributed by atoms with E-state index in [-0.39, 0.29) is 6.04 Å². The van der Waals surface area contributed by atoms with Gasteiger partial charge in [0.2, 0.25) is 0 Å². The van der Waals surface area contributed by atoms with E-state index >= 15 is 0 Å². The van der Waals surface area contributed by atoms with Gasteiger partial charge < -0.3 is 5.84 Å². The highest BCUT2D eigenvalue weighted by atomic mass is 16.3. The standard InChI is InChI=1S/C9H12N4O/c1-7(11-13-10)6-8-2-4-9(12-14)5-3-8/h2-5,7H,6H2,1H3,(H2,10,11)/t7-/m1/s1. The Hall–Kier alpha value is -1.78. The maximum Gasteiger partial charge on any atom is 0.108 e. The van der Waals surface area contributed by atoms with Crippen LogP contribution in [0.1, 0.15) is 12.5 Å². The van der Waals surface area contributed by atoms with E-state index in [1.54, 1.807) is 12.1 Å². The molecule has 14 heavy (non-hydrogen) atoms. The van der Waals surface area contributed by atoms with Crippen molar-refractivity contribution in [2.45, 2.75) is 19.4 Å². The zero-order chi connectivity index (χ0) is 10.4. The monoisotopic (exact) mass is 192 g/mol. The first-order chi connectivity index (χ1) is 6.76. The highest BCUT2D eigenvalue weighted by molar-refractivity contribution is 5.38. The van der Waals surface area contributed by atoms with E-state index in [1.807, 2.05) is 19.1 Å². The average Bonchev–Trinajstić information content (AvgIpc) is 2.19. The Morgan fingerprint density at radius 1 is 1.36 bits per heavy atom. The van der Waals surface area contributed by atoms with Gasteiger partial charge in [-0.15, -0.1) is 4.91 Å². The Balaban J connectivity index is 2.63. The summed E-state index contributed by atoms with van der Waals surface area (Å²) in [6, 6.07) is 7.09. The van der Waals surface area contributed by atoms with E-state index in [9.17, 15) is 4.91 Å². The van der Waals surface area contributed by atoms with Crippen molar-refractivity contribution in [2.75, 3.05) is 0 Å². The van der Waals surface area contributed by atoms with Gasteiger partial charge in [-0.1, -0.05) is 17.4 Å². The molecule has 1 rings (SSSR count). The fourth-order valence-electron chi connectivity index (χ4n) is 1.19. The zero-order valence-corrected chi connectivity index (χ0v) is 7.92. The molecule has 0 heterocycles. The van der Waals surface area contributed by atoms with Crippen molar-refractivity contribution in [2.24, 2.45) is 21.4 Å². The molecule has 0 fully saturated rings. The molecule has 1 aromatic carbocycles. The minimum absolute atomic E-state index is 0.0510. The van der Waals surface area contributed by atoms with Gasteiger partial charge >= 0.3 is 0 Å². The fourth-order valence-corrected chi connectivity index (χ4v) is 1.19. The van der Waals surface area contributed by atoms with Gasteiger partial charge in [0.05, 0.1) is 6.04 Å². The number of hydrogen-bond donors (Lipinski definition) is 1. The predicted molar refractivity (Wildman–Crippen MR) is 54.1 cm³/mol. The van der Waals surface area contributed by atoms with E-state index in [4.69, 9.17) is 5.84 Å². The number of nitrogens with two attached hydrogens (primary N) is 1. The van der Waals surface area contributed by atoms with Crippen LogP contribution in [-0.2, 0) is 6.42 Å². The van der Waals surface area contributed by atoms with E-state index in [0.717, 1.165) is 12.0 Å². The van der Waals surface area contributed by atoms with Crippen LogP contribution in [-0.4, -0.2) is 6.04 Å². The van der Waals surface area contributed by atoms with Crippen LogP contribution in [0, 0.1) is 4.91 Å². The molecule has 0 amide bonds. The van der Waals surface area contributed by atoms with Crippen LogP contribution >= 0.6 is 0 Å². The maximum atomic E-state index is 10.1. The fraction of sp³-hybridized carbons (Fsp3) is 0.333. The lowest BCUT2D eigenvalue weighted by atomic mass is 10.1. The summed E-state index contributed by atoms with van der Waals surface area (Å²) in [4.78, 5) is 10.1. The summed E-state index contributed by atoms with van der Waals surface area (Å²) in [6.07, 6.45) is 0.750. The first-order valence-corrected chi connectivity index (χ1v) is 4.28. The highest BCUT2D eigenvalue weighted by Gasteiger charge is 2.01. The van der Waals surface area contributed by atoms with Crippen LogP contribution in [0.4, 0.5) is 5.69 Å². The molecular formula is C9H12N4O. The minimum atomic E-state index is 0.0510. The Labute approximate surface area is 82.0 Å². The predicted octanol–water partition coefficient (Wildman–Crippen LogP) is 2.34. The normalized spacial score (nSPS) is 12.9. The summed E-state index contributed by atoms with van der Waals surface area (Å²) < 4.78 is 0. The molecule has 5 heteroatoms. The number of hydrogen-bond acceptors (Lipinski definition) is 4. The molecule has 1 aromatic rings. The summed E-state index contributed by atoms with van der Waals surface area (Å²) >= 11 is 0. The summed E-state index contributed by atoms with van der Waals surface area (Å²) in [5, 5.41) is 9.82. The lowest BCUT2D eigenvalue weighted by molar-refractivity contribution is 0.682. The molecule has 0 spiro atoms. The number of rotatable bonds is 4. The van der Waals surface area contributed by atoms with Gasteiger partial charge in [-0.2, -0.15) is 5.11 Å². The van der Waals surface area contributed by atoms with Gasteiger partial charge in [-0.05, 0) is 36.2 Å². The SMILES string of the molecule is C[C@H](Cc1ccc(N=O)cc1)N=NN. The Kier molecular flexibility index (Phi) is 3.72. The van der Waals surface area contributed by atoms with Crippen LogP contribution < -0.4 is 5.84 Å². The van der Waals surface area contributed by atoms with Gasteiger partial charge in [0.1, 0.15) is 5.69 Å². The molecule has 0 saturated carbocycles. The first-order valence-electron chi connectivity index (χ1n) is 4.28. The summed E-state index contributed by atoms with van der Waals surface area (Å²) in [5.74, 6) is 4.93. The largest absolute Gasteiger partial charge is 0.305 e. The smallest absolute Gasteiger partial charge is 0.108 e. The summed E-state index contributed by atoms with van der Waals surface area (Å²) in [5.41, 5.74) is 1.51. The molecular weight excluding hydrogens is 180 g/mol. The zero-order valence-electron chi connectivity index (χ0n) is 7.92. The second-order valence-electron chi connectivity index (χ2n) is 3.04. The van der Waals surface area contributed by atoms with Crippen molar-refractivity contribution in [3.63, 3.8) is 0 Å². The maximum absolute atomic E-state index is 10.1. The third kappa shape index (κ3) is 2.93. The van der Waals surface area contributed by atoms with Gasteiger partial charge in [0.25, 0.3) is 0 Å². The molecule has 74 valence electrons. The molecule has 5 nitrogen and oxygen atoms in total. The molecule has 0 saturated heterocycles. The van der Waals surface area contributed by atoms with Crippen molar-refractivity contribution >= 4 is 5.69 Å². The molecule has 0 radical (unpaired) electrons. The molecule has 1 atom stereocenters. The van der Waals surface area contributed by atoms with Crippen LogP contribution in [0.25, 0.3) is 0 Å². The molecule has 0 aliphatic rings. The highest BCUT2D eigenvalue weighted by Crippen LogP contribution is 2.14. The Morgan fingerprint density at radius 2 is 2.00 bits per heavy atom. The van der Waals surface area contributed by atoms with Crippen molar-refractivity contribution in [3.8, 4) is 0 Å². The molecule has 0 aliphatic heterocycles. The minimum Gasteiger partial charge on any atom is -0.305 e. The Bertz CT molecular complexity index is 320. The van der Waals surface area contributed by atoms with Crippen LogP contribution in [0.2, 0.25) is 0 Å². The number of nitrogens with zero attached hydrogens (tertiary/aromatic N) is 3. The van der Waals surface area contributed by atoms with Gasteiger partial charge in [-0.25, -0.2) is 0 Å². The van der Waals surface area contributed by atoms with Crippen molar-refractivity contribution < 1.29 is 0 Å². The molecule has 0 aliphatic carbocycles. The third-order valence-corrected chi connectivity index (χ3v) is 1.84. The van der Waals surface area contributed by atoms with E-state index in [1.165, 1.54) is 0 Å². The second kappa shape index (κ2) is 5.06. The van der Waals surface area contributed by atoms with Crippen LogP contribution in [0.15, 0.2) is 39.8 Å². The third-order valence-electron chi connectivity index (χ3n) is 1.84. The van der Waals surface area contributed by atoms with Crippen LogP contribution in [0.3, 0.4) is 0 Å². The topological polar surface area (TPSA) is 80.2 Å². The molecule has 0 aromatic heterocycles. The molecule has 0 bridgehead atoms. The van der Waals surface area contributed by atoms with Crippen molar-refractivity contribution in [1.82, 2.24) is 0 Å². The van der Waals surface area contributed by atoms with Crippen molar-refractivity contribution in [3.05, 3.63) is 34.7 Å². The number of benzene rings is 1. The summed E-state index contributed by atoms with van der Waals surface area (Å²) in [6.45, 7) is 1.92. The first kappa shape index (κ1) is 10.3. The second-order valence-corrected chi connectivity index (χ2v) is 3.04. The van der Waals surface area contributed by atoms with E-state index < -0.39 is 0 Å². The average molecular weight is 192 g/mol. The van der Waals surface area contributed by atoms with E-state index in [2.05, 4.69) is 15.5 Å². The molecule has 2 N–H and O–H groups in total. The van der Waals surface area contributed by atoms with Gasteiger partial charge in [0, 0.05) is 0 Å². The van der Waals surface area contributed by atoms with Gasteiger partial charge in [0.15, 0.2) is 0 Å². The lowest BCUT2D eigenvalue weighted by Gasteiger charge is -2.03. The van der Waals surface area contributed by atoms with E-state index in [0.29, 0.717) is 5.69 Å². The van der Waals surface area contributed by atoms with Crippen LogP contribution in [0.5, 0.6) is 0 Å². The summed E-state index contributed by atoms with van der Waals surface area (Å²) in [7, 11) is 0. The quantitative estimate of drug-likeness (QED) is 0.344. The number of nitroso groups, excluding NO2 is 1. The molecule has 0 unspecified atom stereocenters. The Morgan fingerprint density at radius 3 is 2.50 bits per heavy atom.